The molecule has 1 aromatic heterocycles. The molecule has 0 amide bonds. The van der Waals surface area contributed by atoms with Gasteiger partial charge in [-0.3, -0.25) is 4.55 Å². The van der Waals surface area contributed by atoms with E-state index in [0.717, 1.165) is 12.8 Å². The monoisotopic (exact) mass is 360 g/mol. The van der Waals surface area contributed by atoms with Gasteiger partial charge < -0.3 is 10.6 Å². The van der Waals surface area contributed by atoms with Crippen molar-refractivity contribution in [3.63, 3.8) is 0 Å². The van der Waals surface area contributed by atoms with Crippen LogP contribution >= 0.6 is 0 Å². The maximum absolute atomic E-state index is 11.9. The van der Waals surface area contributed by atoms with Gasteiger partial charge in [0.05, 0.1) is 16.9 Å². The number of pyridine rings is 1. The molecule has 0 saturated carbocycles. The third-order valence-electron chi connectivity index (χ3n) is 3.63. The molecule has 2 aromatic rings. The van der Waals surface area contributed by atoms with Gasteiger partial charge in [0, 0.05) is 12.7 Å². The Labute approximate surface area is 147 Å². The van der Waals surface area contributed by atoms with Crippen LogP contribution in [0, 0.1) is 18.3 Å². The van der Waals surface area contributed by atoms with Crippen molar-refractivity contribution in [3.8, 4) is 6.07 Å². The summed E-state index contributed by atoms with van der Waals surface area (Å²) < 4.78 is 33.4. The number of anilines is 3. The second-order valence-electron chi connectivity index (χ2n) is 5.52. The van der Waals surface area contributed by atoms with E-state index in [1.165, 1.54) is 6.07 Å². The molecule has 0 saturated heterocycles. The topological polar surface area (TPSA) is 115 Å². The van der Waals surface area contributed by atoms with Crippen molar-refractivity contribution in [2.75, 3.05) is 17.2 Å². The predicted molar refractivity (Wildman–Crippen MR) is 96.6 cm³/mol. The first-order valence-electron chi connectivity index (χ1n) is 7.85. The second kappa shape index (κ2) is 7.96. The van der Waals surface area contributed by atoms with E-state index in [9.17, 15) is 18.2 Å². The number of nitrogens with one attached hydrogen (secondary N) is 2. The summed E-state index contributed by atoms with van der Waals surface area (Å²) in [5, 5.41) is 15.5. The Morgan fingerprint density at radius 2 is 2.08 bits per heavy atom. The standard InChI is InChI=1S/C17H20N4O3S/c1-3-4-8-20-16-13(11-18)12(2)10-14(25(22,23)24)17(16)21-15-7-5-6-9-19-15/h5-7,9-10,20H,3-4,8H2,1-2H3,(H,19,21)(H,22,23,24). The number of aryl methyl sites for hydroxylation is 1. The third-order valence-corrected chi connectivity index (χ3v) is 4.51. The van der Waals surface area contributed by atoms with Crippen molar-refractivity contribution < 1.29 is 13.0 Å². The smallest absolute Gasteiger partial charge is 0.296 e. The Morgan fingerprint density at radius 1 is 1.32 bits per heavy atom. The molecule has 0 bridgehead atoms. The SMILES string of the molecule is CCCCNc1c(C#N)c(C)cc(S(=O)(=O)O)c1Nc1ccccn1. The van der Waals surface area contributed by atoms with Gasteiger partial charge in [0.2, 0.25) is 0 Å². The van der Waals surface area contributed by atoms with Gasteiger partial charge in [0.25, 0.3) is 10.1 Å². The lowest BCUT2D eigenvalue weighted by atomic mass is 10.1. The van der Waals surface area contributed by atoms with Crippen molar-refractivity contribution in [2.24, 2.45) is 0 Å². The van der Waals surface area contributed by atoms with E-state index in [2.05, 4.69) is 21.7 Å². The van der Waals surface area contributed by atoms with E-state index in [4.69, 9.17) is 0 Å². The first-order valence-corrected chi connectivity index (χ1v) is 9.29. The van der Waals surface area contributed by atoms with Crippen LogP contribution in [0.15, 0.2) is 35.4 Å². The molecule has 3 N–H and O–H groups in total. The van der Waals surface area contributed by atoms with Crippen LogP contribution in [0.25, 0.3) is 0 Å². The van der Waals surface area contributed by atoms with Crippen LogP contribution in [0.3, 0.4) is 0 Å². The zero-order valence-electron chi connectivity index (χ0n) is 14.1. The van der Waals surface area contributed by atoms with Crippen molar-refractivity contribution in [1.29, 1.82) is 5.26 Å². The van der Waals surface area contributed by atoms with Gasteiger partial charge in [-0.2, -0.15) is 13.7 Å². The van der Waals surface area contributed by atoms with Crippen LogP contribution in [0.4, 0.5) is 17.2 Å². The number of nitriles is 1. The summed E-state index contributed by atoms with van der Waals surface area (Å²) in [6.45, 7) is 4.22. The fraction of sp³-hybridized carbons (Fsp3) is 0.294. The highest BCUT2D eigenvalue weighted by Gasteiger charge is 2.24. The maximum atomic E-state index is 11.9. The van der Waals surface area contributed by atoms with E-state index in [0.29, 0.717) is 29.2 Å². The molecule has 0 atom stereocenters. The molecular formula is C17H20N4O3S. The summed E-state index contributed by atoms with van der Waals surface area (Å²) in [7, 11) is -4.49. The van der Waals surface area contributed by atoms with Crippen molar-refractivity contribution in [3.05, 3.63) is 41.6 Å². The highest BCUT2D eigenvalue weighted by molar-refractivity contribution is 7.86. The number of hydrogen-bond donors (Lipinski definition) is 3. The Kier molecular flexibility index (Phi) is 5.96. The third kappa shape index (κ3) is 4.47. The van der Waals surface area contributed by atoms with Gasteiger partial charge in [0.1, 0.15) is 16.8 Å². The normalized spacial score (nSPS) is 11.0. The molecular weight excluding hydrogens is 340 g/mol. The highest BCUT2D eigenvalue weighted by Crippen LogP contribution is 2.37. The lowest BCUT2D eigenvalue weighted by Gasteiger charge is -2.19. The van der Waals surface area contributed by atoms with Gasteiger partial charge in [-0.05, 0) is 37.1 Å². The molecule has 2 rings (SSSR count). The Hall–Kier alpha value is -2.63. The minimum atomic E-state index is -4.49. The summed E-state index contributed by atoms with van der Waals surface area (Å²) in [5.74, 6) is 0.402. The molecule has 1 heterocycles. The molecule has 25 heavy (non-hydrogen) atoms. The lowest BCUT2D eigenvalue weighted by Crippen LogP contribution is -2.12. The van der Waals surface area contributed by atoms with Crippen LogP contribution in [0.1, 0.15) is 30.9 Å². The molecule has 0 spiro atoms. The zero-order chi connectivity index (χ0) is 18.4. The van der Waals surface area contributed by atoms with E-state index in [-0.39, 0.29) is 10.6 Å². The average molecular weight is 360 g/mol. The number of nitrogens with zero attached hydrogens (tertiary/aromatic N) is 2. The first-order chi connectivity index (χ1) is 11.9. The van der Waals surface area contributed by atoms with Crippen LogP contribution < -0.4 is 10.6 Å². The molecule has 7 nitrogen and oxygen atoms in total. The first kappa shape index (κ1) is 18.7. The fourth-order valence-electron chi connectivity index (χ4n) is 2.39. The zero-order valence-corrected chi connectivity index (χ0v) is 14.9. The van der Waals surface area contributed by atoms with Crippen LogP contribution in [-0.4, -0.2) is 24.5 Å². The lowest BCUT2D eigenvalue weighted by molar-refractivity contribution is 0.483. The molecule has 0 aliphatic rings. The summed E-state index contributed by atoms with van der Waals surface area (Å²) in [4.78, 5) is 3.82. The van der Waals surface area contributed by atoms with Gasteiger partial charge in [-0.15, -0.1) is 0 Å². The minimum absolute atomic E-state index is 0.111. The molecule has 1 aromatic carbocycles. The van der Waals surface area contributed by atoms with Crippen molar-refractivity contribution in [1.82, 2.24) is 4.98 Å². The Bertz CT molecular complexity index is 890. The molecule has 0 aliphatic heterocycles. The minimum Gasteiger partial charge on any atom is -0.382 e. The fourth-order valence-corrected chi connectivity index (χ4v) is 3.13. The number of benzene rings is 1. The molecule has 0 radical (unpaired) electrons. The van der Waals surface area contributed by atoms with Gasteiger partial charge in [-0.1, -0.05) is 19.4 Å². The Balaban J connectivity index is 2.67. The Morgan fingerprint density at radius 3 is 2.64 bits per heavy atom. The molecule has 0 fully saturated rings. The average Bonchev–Trinajstić information content (AvgIpc) is 2.57. The second-order valence-corrected chi connectivity index (χ2v) is 6.91. The summed E-state index contributed by atoms with van der Waals surface area (Å²) >= 11 is 0. The van der Waals surface area contributed by atoms with Crippen LogP contribution in [-0.2, 0) is 10.1 Å². The molecule has 8 heteroatoms. The van der Waals surface area contributed by atoms with Crippen molar-refractivity contribution in [2.45, 2.75) is 31.6 Å². The summed E-state index contributed by atoms with van der Waals surface area (Å²) in [6.07, 6.45) is 3.34. The molecule has 0 aliphatic carbocycles. The number of hydrogen-bond acceptors (Lipinski definition) is 6. The van der Waals surface area contributed by atoms with E-state index < -0.39 is 10.1 Å². The van der Waals surface area contributed by atoms with Gasteiger partial charge in [0.15, 0.2) is 0 Å². The largest absolute Gasteiger partial charge is 0.382 e. The number of unbranched alkanes of at least 4 members (excludes halogenated alkanes) is 1. The van der Waals surface area contributed by atoms with Crippen LogP contribution in [0.2, 0.25) is 0 Å². The highest BCUT2D eigenvalue weighted by atomic mass is 32.2. The van der Waals surface area contributed by atoms with Gasteiger partial charge >= 0.3 is 0 Å². The van der Waals surface area contributed by atoms with E-state index in [1.54, 1.807) is 31.3 Å². The van der Waals surface area contributed by atoms with Crippen molar-refractivity contribution >= 4 is 27.3 Å². The number of aromatic nitrogens is 1. The van der Waals surface area contributed by atoms with Gasteiger partial charge in [-0.25, -0.2) is 4.98 Å². The summed E-state index contributed by atoms with van der Waals surface area (Å²) in [6, 6.07) is 8.51. The van der Waals surface area contributed by atoms with E-state index >= 15 is 0 Å². The molecule has 0 unspecified atom stereocenters. The maximum Gasteiger partial charge on any atom is 0.296 e. The predicted octanol–water partition coefficient (Wildman–Crippen LogP) is 3.46. The summed E-state index contributed by atoms with van der Waals surface area (Å²) in [5.41, 5.74) is 1.23. The van der Waals surface area contributed by atoms with E-state index in [1.807, 2.05) is 6.92 Å². The quantitative estimate of drug-likeness (QED) is 0.511. The molecule has 132 valence electrons. The number of rotatable bonds is 7. The van der Waals surface area contributed by atoms with Crippen LogP contribution in [0.5, 0.6) is 0 Å².